The number of aromatic nitrogens is 3. The molecule has 16 aromatic rings. The number of rotatable bonds is 7. The van der Waals surface area contributed by atoms with Crippen molar-refractivity contribution < 1.29 is 0 Å². The maximum Gasteiger partial charge on any atom is 0.0547 e. The molecular formula is C87H64N4. The predicted molar refractivity (Wildman–Crippen MR) is 382 cm³/mol. The number of nitrogens with zero attached hydrogens (tertiary/aromatic N) is 4. The van der Waals surface area contributed by atoms with Gasteiger partial charge in [0.05, 0.1) is 33.1 Å². The van der Waals surface area contributed by atoms with Gasteiger partial charge in [0, 0.05) is 82.7 Å². The molecule has 3 aromatic heterocycles. The molecule has 432 valence electrons. The maximum absolute atomic E-state index is 2.55. The third-order valence-electron chi connectivity index (χ3n) is 21.4. The van der Waals surface area contributed by atoms with E-state index in [9.17, 15) is 0 Å². The van der Waals surface area contributed by atoms with E-state index in [2.05, 4.69) is 339 Å². The molecule has 0 aliphatic heterocycles. The van der Waals surface area contributed by atoms with Crippen molar-refractivity contribution in [2.45, 2.75) is 57.8 Å². The maximum atomic E-state index is 2.55. The van der Waals surface area contributed by atoms with Crippen molar-refractivity contribution in [1.29, 1.82) is 0 Å². The molecule has 0 bridgehead atoms. The van der Waals surface area contributed by atoms with Gasteiger partial charge in [0.15, 0.2) is 0 Å². The monoisotopic (exact) mass is 1160 g/mol. The number of hydrogen-bond donors (Lipinski definition) is 0. The Balaban J connectivity index is 0.740. The Hall–Kier alpha value is -10.9. The Morgan fingerprint density at radius 2 is 0.505 bits per heavy atom. The lowest BCUT2D eigenvalue weighted by Crippen LogP contribution is -2.19. The molecule has 4 heteroatoms. The van der Waals surface area contributed by atoms with E-state index in [1.807, 2.05) is 0 Å². The molecule has 91 heavy (non-hydrogen) atoms. The van der Waals surface area contributed by atoms with E-state index in [1.165, 1.54) is 160 Å². The quantitative estimate of drug-likeness (QED) is 0.156. The highest BCUT2D eigenvalue weighted by molar-refractivity contribution is 6.12. The number of hydrogen-bond acceptors (Lipinski definition) is 1. The van der Waals surface area contributed by atoms with Crippen molar-refractivity contribution in [3.05, 3.63) is 312 Å². The fraction of sp³-hybridized carbons (Fsp3) is 0.103. The van der Waals surface area contributed by atoms with Gasteiger partial charge < -0.3 is 18.6 Å². The molecule has 0 unspecified atom stereocenters. The minimum Gasteiger partial charge on any atom is -0.310 e. The van der Waals surface area contributed by atoms with Gasteiger partial charge in [0.2, 0.25) is 0 Å². The van der Waals surface area contributed by atoms with Crippen LogP contribution in [-0.4, -0.2) is 13.7 Å². The second-order valence-electron chi connectivity index (χ2n) is 27.3. The molecule has 0 saturated carbocycles. The van der Waals surface area contributed by atoms with Gasteiger partial charge in [-0.2, -0.15) is 0 Å². The number of benzene rings is 13. The highest BCUT2D eigenvalue weighted by Gasteiger charge is 2.41. The van der Waals surface area contributed by atoms with Crippen molar-refractivity contribution in [1.82, 2.24) is 13.7 Å². The molecule has 19 rings (SSSR count). The average Bonchev–Trinajstić information content (AvgIpc) is 1.63. The van der Waals surface area contributed by atoms with E-state index in [-0.39, 0.29) is 16.2 Å². The molecule has 3 heterocycles. The SMILES string of the molecule is CC1(C)c2cc(-c3ccc4c5ccccc5n(-c5ccccc5)c4c3)ccc2-c2ccc(N(c3ccc4c(c3)C(C)(C)c3cc(-n5c6ccccc6c6ccccc65)ccc3-4)c3ccc4c(c3)C(C)(C)c3cc(-n5c6ccccc6c6ccccc65)ccc3-4)cc21. The zero-order chi connectivity index (χ0) is 60.8. The van der Waals surface area contributed by atoms with E-state index in [0.717, 1.165) is 17.1 Å². The summed E-state index contributed by atoms with van der Waals surface area (Å²) in [7, 11) is 0. The molecule has 0 amide bonds. The van der Waals surface area contributed by atoms with Gasteiger partial charge in [-0.1, -0.05) is 205 Å². The molecule has 0 fully saturated rings. The predicted octanol–water partition coefficient (Wildman–Crippen LogP) is 23.0. The third-order valence-corrected chi connectivity index (χ3v) is 21.4. The number of anilines is 3. The van der Waals surface area contributed by atoms with Gasteiger partial charge in [0.1, 0.15) is 0 Å². The highest BCUT2D eigenvalue weighted by atomic mass is 15.1. The molecule has 4 nitrogen and oxygen atoms in total. The molecule has 3 aliphatic rings. The van der Waals surface area contributed by atoms with Gasteiger partial charge in [-0.15, -0.1) is 0 Å². The smallest absolute Gasteiger partial charge is 0.0547 e. The lowest BCUT2D eigenvalue weighted by atomic mass is 9.81. The standard InChI is InChI=1S/C87H64N4/c1-85(2)73-46-53(54-33-40-72-71-26-14-15-27-79(71)89(84(72)47-54)55-20-8-7-9-21-55)32-39-61(73)62-41-34-56(48-74(62)85)88(57-35-42-63-65-44-37-59(51-77(65)86(3,4)75(63)49-57)90-80-28-16-10-22-67(80)68-23-11-17-29-81(68)90)58-36-43-64-66-45-38-60(52-78(66)87(5,6)76(64)50-58)91-82-30-18-12-24-69(82)70-25-13-19-31-83(70)91/h7-52H,1-6H3. The van der Waals surface area contributed by atoms with Crippen LogP contribution in [0.25, 0.3) is 127 Å². The summed E-state index contributed by atoms with van der Waals surface area (Å²) >= 11 is 0. The van der Waals surface area contributed by atoms with Crippen LogP contribution in [-0.2, 0) is 16.2 Å². The first-order valence-electron chi connectivity index (χ1n) is 32.1. The summed E-state index contributed by atoms with van der Waals surface area (Å²) in [6.07, 6.45) is 0. The first-order chi connectivity index (χ1) is 44.4. The van der Waals surface area contributed by atoms with Crippen molar-refractivity contribution in [3.8, 4) is 61.6 Å². The summed E-state index contributed by atoms with van der Waals surface area (Å²) in [6, 6.07) is 105. The van der Waals surface area contributed by atoms with Crippen LogP contribution >= 0.6 is 0 Å². The highest BCUT2D eigenvalue weighted by Crippen LogP contribution is 2.57. The first-order valence-corrected chi connectivity index (χ1v) is 32.1. The van der Waals surface area contributed by atoms with Gasteiger partial charge >= 0.3 is 0 Å². The van der Waals surface area contributed by atoms with Crippen LogP contribution in [0.15, 0.2) is 279 Å². The Morgan fingerprint density at radius 1 is 0.220 bits per heavy atom. The van der Waals surface area contributed by atoms with Gasteiger partial charge in [0.25, 0.3) is 0 Å². The van der Waals surface area contributed by atoms with Gasteiger partial charge in [-0.05, 0) is 193 Å². The number of para-hydroxylation sites is 6. The van der Waals surface area contributed by atoms with E-state index in [4.69, 9.17) is 0 Å². The molecule has 0 atom stereocenters. The fourth-order valence-electron chi connectivity index (χ4n) is 16.9. The Morgan fingerprint density at radius 3 is 0.901 bits per heavy atom. The second kappa shape index (κ2) is 18.6. The van der Waals surface area contributed by atoms with E-state index in [0.29, 0.717) is 0 Å². The topological polar surface area (TPSA) is 18.0 Å². The van der Waals surface area contributed by atoms with Gasteiger partial charge in [-0.25, -0.2) is 0 Å². The molecule has 0 N–H and O–H groups in total. The van der Waals surface area contributed by atoms with Crippen LogP contribution < -0.4 is 4.90 Å². The molecule has 13 aromatic carbocycles. The summed E-state index contributed by atoms with van der Waals surface area (Å²) in [6.45, 7) is 14.6. The summed E-state index contributed by atoms with van der Waals surface area (Å²) in [5.74, 6) is 0. The molecular weight excluding hydrogens is 1100 g/mol. The van der Waals surface area contributed by atoms with Gasteiger partial charge in [-0.3, -0.25) is 0 Å². The van der Waals surface area contributed by atoms with Crippen molar-refractivity contribution >= 4 is 82.5 Å². The van der Waals surface area contributed by atoms with Crippen molar-refractivity contribution in [2.24, 2.45) is 0 Å². The van der Waals surface area contributed by atoms with E-state index < -0.39 is 0 Å². The van der Waals surface area contributed by atoms with E-state index in [1.54, 1.807) is 0 Å². The largest absolute Gasteiger partial charge is 0.310 e. The molecule has 3 aliphatic carbocycles. The lowest BCUT2D eigenvalue weighted by molar-refractivity contribution is 0.659. The van der Waals surface area contributed by atoms with Crippen LogP contribution in [0.4, 0.5) is 17.1 Å². The summed E-state index contributed by atoms with van der Waals surface area (Å²) in [4.78, 5) is 2.55. The van der Waals surface area contributed by atoms with Crippen LogP contribution in [0.2, 0.25) is 0 Å². The first kappa shape index (κ1) is 52.0. The Labute approximate surface area is 529 Å². The summed E-state index contributed by atoms with van der Waals surface area (Å²) < 4.78 is 7.33. The zero-order valence-electron chi connectivity index (χ0n) is 51.8. The molecule has 0 spiro atoms. The summed E-state index contributed by atoms with van der Waals surface area (Å²) in [5, 5.41) is 7.62. The average molecular weight is 1170 g/mol. The van der Waals surface area contributed by atoms with Crippen molar-refractivity contribution in [2.75, 3.05) is 4.90 Å². The Kier molecular flexibility index (Phi) is 10.6. The normalized spacial score (nSPS) is 14.5. The second-order valence-corrected chi connectivity index (χ2v) is 27.3. The van der Waals surface area contributed by atoms with E-state index >= 15 is 0 Å². The zero-order valence-corrected chi connectivity index (χ0v) is 51.8. The molecule has 0 saturated heterocycles. The molecule has 0 radical (unpaired) electrons. The van der Waals surface area contributed by atoms with Crippen LogP contribution in [0.3, 0.4) is 0 Å². The summed E-state index contributed by atoms with van der Waals surface area (Å²) in [5.41, 5.74) is 31.7. The van der Waals surface area contributed by atoms with Crippen LogP contribution in [0.1, 0.15) is 74.9 Å². The van der Waals surface area contributed by atoms with Crippen molar-refractivity contribution in [3.63, 3.8) is 0 Å². The van der Waals surface area contributed by atoms with Crippen LogP contribution in [0.5, 0.6) is 0 Å². The van der Waals surface area contributed by atoms with Crippen LogP contribution in [0, 0.1) is 0 Å². The minimum absolute atomic E-state index is 0.293. The fourth-order valence-corrected chi connectivity index (χ4v) is 16.9. The Bertz CT molecular complexity index is 5490. The lowest BCUT2D eigenvalue weighted by Gasteiger charge is -2.31. The minimum atomic E-state index is -0.295. The third kappa shape index (κ3) is 7.22. The number of fused-ring (bicyclic) bond motifs is 18.